The molecule has 2 nitrogen and oxygen atoms in total. The highest BCUT2D eigenvalue weighted by molar-refractivity contribution is 5.58. The second kappa shape index (κ2) is 5.72. The summed E-state index contributed by atoms with van der Waals surface area (Å²) in [5, 5.41) is 12.4. The molecule has 0 radical (unpaired) electrons. The van der Waals surface area contributed by atoms with Gasteiger partial charge in [0.2, 0.25) is 0 Å². The van der Waals surface area contributed by atoms with Crippen LogP contribution in [0.15, 0.2) is 18.2 Å². The third-order valence-corrected chi connectivity index (χ3v) is 3.64. The number of anilines is 1. The fourth-order valence-electron chi connectivity index (χ4n) is 2.61. The van der Waals surface area contributed by atoms with E-state index in [4.69, 9.17) is 5.26 Å². The molecule has 0 atom stereocenters. The molecule has 0 heterocycles. The number of hydrogen-bond donors (Lipinski definition) is 1. The highest BCUT2D eigenvalue weighted by Gasteiger charge is 2.14. The minimum atomic E-state index is 0.752. The number of benzene rings is 1. The summed E-state index contributed by atoms with van der Waals surface area (Å²) in [5.41, 5.74) is 2.94. The van der Waals surface area contributed by atoms with E-state index in [1.165, 1.54) is 37.7 Å². The van der Waals surface area contributed by atoms with Crippen LogP contribution in [-0.2, 0) is 0 Å². The molecule has 0 aromatic heterocycles. The molecule has 0 saturated heterocycles. The lowest BCUT2D eigenvalue weighted by molar-refractivity contribution is 0.518. The van der Waals surface area contributed by atoms with Crippen molar-refractivity contribution in [1.82, 2.24) is 0 Å². The van der Waals surface area contributed by atoms with E-state index >= 15 is 0 Å². The number of hydrogen-bond acceptors (Lipinski definition) is 2. The lowest BCUT2D eigenvalue weighted by atomic mass is 10.0. The van der Waals surface area contributed by atoms with Gasteiger partial charge in [-0.3, -0.25) is 0 Å². The average molecular weight is 228 g/mol. The van der Waals surface area contributed by atoms with Gasteiger partial charge in [0, 0.05) is 6.54 Å². The molecule has 90 valence electrons. The minimum Gasteiger partial charge on any atom is -0.384 e. The summed E-state index contributed by atoms with van der Waals surface area (Å²) in [5.74, 6) is 0.901. The molecule has 1 aliphatic rings. The van der Waals surface area contributed by atoms with E-state index in [0.717, 1.165) is 23.7 Å². The maximum atomic E-state index is 9.03. The van der Waals surface area contributed by atoms with Gasteiger partial charge in [-0.1, -0.05) is 31.7 Å². The van der Waals surface area contributed by atoms with Gasteiger partial charge in [0.25, 0.3) is 0 Å². The van der Waals surface area contributed by atoms with Crippen molar-refractivity contribution < 1.29 is 0 Å². The summed E-state index contributed by atoms with van der Waals surface area (Å²) in [6.07, 6.45) is 6.82. The number of aryl methyl sites for hydroxylation is 1. The van der Waals surface area contributed by atoms with Crippen LogP contribution in [0, 0.1) is 24.2 Å². The second-order valence-corrected chi connectivity index (χ2v) is 5.03. The van der Waals surface area contributed by atoms with E-state index in [9.17, 15) is 0 Å². The molecule has 1 aliphatic carbocycles. The summed E-state index contributed by atoms with van der Waals surface area (Å²) in [6, 6.07) is 8.18. The fraction of sp³-hybridized carbons (Fsp3) is 0.533. The molecule has 0 bridgehead atoms. The molecule has 1 aromatic rings. The Bertz CT molecular complexity index is 411. The van der Waals surface area contributed by atoms with Gasteiger partial charge in [0.05, 0.1) is 11.3 Å². The van der Waals surface area contributed by atoms with Crippen LogP contribution in [0.2, 0.25) is 0 Å². The Morgan fingerprint density at radius 2 is 2.12 bits per heavy atom. The van der Waals surface area contributed by atoms with Gasteiger partial charge < -0.3 is 5.32 Å². The fourth-order valence-corrected chi connectivity index (χ4v) is 2.61. The number of nitrogens with zero attached hydrogens (tertiary/aromatic N) is 1. The second-order valence-electron chi connectivity index (χ2n) is 5.03. The number of rotatable bonds is 4. The average Bonchev–Trinajstić information content (AvgIpc) is 2.82. The first-order valence-corrected chi connectivity index (χ1v) is 6.54. The zero-order valence-corrected chi connectivity index (χ0v) is 10.5. The molecule has 2 rings (SSSR count). The zero-order chi connectivity index (χ0) is 12.1. The van der Waals surface area contributed by atoms with Gasteiger partial charge >= 0.3 is 0 Å². The summed E-state index contributed by atoms with van der Waals surface area (Å²) in [6.45, 7) is 3.05. The van der Waals surface area contributed by atoms with Crippen LogP contribution in [-0.4, -0.2) is 6.54 Å². The largest absolute Gasteiger partial charge is 0.384 e. The molecule has 0 spiro atoms. The first kappa shape index (κ1) is 12.0. The van der Waals surface area contributed by atoms with Gasteiger partial charge in [-0.2, -0.15) is 5.26 Å². The van der Waals surface area contributed by atoms with Crippen LogP contribution >= 0.6 is 0 Å². The van der Waals surface area contributed by atoms with Gasteiger partial charge in [-0.25, -0.2) is 0 Å². The third-order valence-electron chi connectivity index (χ3n) is 3.64. The van der Waals surface area contributed by atoms with Gasteiger partial charge in [0.1, 0.15) is 6.07 Å². The summed E-state index contributed by atoms with van der Waals surface area (Å²) in [4.78, 5) is 0. The van der Waals surface area contributed by atoms with Crippen molar-refractivity contribution in [2.75, 3.05) is 11.9 Å². The number of nitriles is 1. The molecule has 1 fully saturated rings. The smallest absolute Gasteiger partial charge is 0.101 e. The maximum Gasteiger partial charge on any atom is 0.101 e. The standard InChI is InChI=1S/C15H20N2/c1-12-6-7-14(11-16)15(10-12)17-9-8-13-4-2-3-5-13/h6-7,10,13,17H,2-5,8-9H2,1H3. The Kier molecular flexibility index (Phi) is 4.03. The van der Waals surface area contributed by atoms with Gasteiger partial charge in [-0.05, 0) is 37.0 Å². The van der Waals surface area contributed by atoms with Crippen LogP contribution in [0.25, 0.3) is 0 Å². The predicted octanol–water partition coefficient (Wildman–Crippen LogP) is 3.86. The van der Waals surface area contributed by atoms with Crippen molar-refractivity contribution in [2.45, 2.75) is 39.0 Å². The van der Waals surface area contributed by atoms with Crippen molar-refractivity contribution in [3.05, 3.63) is 29.3 Å². The maximum absolute atomic E-state index is 9.03. The van der Waals surface area contributed by atoms with Crippen molar-refractivity contribution in [3.63, 3.8) is 0 Å². The van der Waals surface area contributed by atoms with Crippen LogP contribution < -0.4 is 5.32 Å². The Balaban J connectivity index is 1.89. The first-order valence-electron chi connectivity index (χ1n) is 6.54. The Morgan fingerprint density at radius 1 is 1.35 bits per heavy atom. The van der Waals surface area contributed by atoms with E-state index in [1.54, 1.807) is 0 Å². The highest BCUT2D eigenvalue weighted by Crippen LogP contribution is 2.27. The van der Waals surface area contributed by atoms with Crippen molar-refractivity contribution in [3.8, 4) is 6.07 Å². The van der Waals surface area contributed by atoms with E-state index in [1.807, 2.05) is 12.1 Å². The van der Waals surface area contributed by atoms with Gasteiger partial charge in [0.15, 0.2) is 0 Å². The minimum absolute atomic E-state index is 0.752. The molecule has 0 aliphatic heterocycles. The molecular formula is C15H20N2. The van der Waals surface area contributed by atoms with Crippen LogP contribution in [0.5, 0.6) is 0 Å². The molecular weight excluding hydrogens is 208 g/mol. The lowest BCUT2D eigenvalue weighted by Gasteiger charge is -2.12. The Hall–Kier alpha value is -1.49. The third kappa shape index (κ3) is 3.23. The predicted molar refractivity (Wildman–Crippen MR) is 71.0 cm³/mol. The highest BCUT2D eigenvalue weighted by atomic mass is 14.9. The molecule has 2 heteroatoms. The van der Waals surface area contributed by atoms with Crippen LogP contribution in [0.3, 0.4) is 0 Å². The van der Waals surface area contributed by atoms with Gasteiger partial charge in [-0.15, -0.1) is 0 Å². The van der Waals surface area contributed by atoms with E-state index in [2.05, 4.69) is 24.4 Å². The molecule has 0 amide bonds. The zero-order valence-electron chi connectivity index (χ0n) is 10.5. The van der Waals surface area contributed by atoms with E-state index < -0.39 is 0 Å². The molecule has 17 heavy (non-hydrogen) atoms. The molecule has 0 unspecified atom stereocenters. The molecule has 1 aromatic carbocycles. The van der Waals surface area contributed by atoms with Crippen molar-refractivity contribution in [2.24, 2.45) is 5.92 Å². The molecule has 1 saturated carbocycles. The summed E-state index contributed by atoms with van der Waals surface area (Å²) < 4.78 is 0. The van der Waals surface area contributed by atoms with Crippen LogP contribution in [0.1, 0.15) is 43.2 Å². The van der Waals surface area contributed by atoms with Crippen LogP contribution in [0.4, 0.5) is 5.69 Å². The van der Waals surface area contributed by atoms with Crippen molar-refractivity contribution >= 4 is 5.69 Å². The normalized spacial score (nSPS) is 15.8. The number of nitrogens with one attached hydrogen (secondary N) is 1. The molecule has 1 N–H and O–H groups in total. The topological polar surface area (TPSA) is 35.8 Å². The quantitative estimate of drug-likeness (QED) is 0.849. The lowest BCUT2D eigenvalue weighted by Crippen LogP contribution is -2.07. The van der Waals surface area contributed by atoms with Crippen molar-refractivity contribution in [1.29, 1.82) is 5.26 Å². The first-order chi connectivity index (χ1) is 8.29. The SMILES string of the molecule is Cc1ccc(C#N)c(NCCC2CCCC2)c1. The monoisotopic (exact) mass is 228 g/mol. The Morgan fingerprint density at radius 3 is 2.82 bits per heavy atom. The summed E-state index contributed by atoms with van der Waals surface area (Å²) >= 11 is 0. The summed E-state index contributed by atoms with van der Waals surface area (Å²) in [7, 11) is 0. The van der Waals surface area contributed by atoms with E-state index in [0.29, 0.717) is 0 Å². The Labute approximate surface area is 104 Å². The van der Waals surface area contributed by atoms with E-state index in [-0.39, 0.29) is 0 Å².